The third-order valence-corrected chi connectivity index (χ3v) is 3.37. The first kappa shape index (κ1) is 11.4. The van der Waals surface area contributed by atoms with E-state index in [1.165, 1.54) is 5.56 Å². The van der Waals surface area contributed by atoms with Crippen LogP contribution in [0.5, 0.6) is 0 Å². The van der Waals surface area contributed by atoms with E-state index in [9.17, 15) is 4.39 Å². The van der Waals surface area contributed by atoms with Gasteiger partial charge in [0, 0.05) is 6.42 Å². The summed E-state index contributed by atoms with van der Waals surface area (Å²) >= 11 is 0. The predicted octanol–water partition coefficient (Wildman–Crippen LogP) is 4.15. The molecule has 92 valence electrons. The van der Waals surface area contributed by atoms with Crippen molar-refractivity contribution in [3.05, 3.63) is 60.2 Å². The molecule has 0 amide bonds. The van der Waals surface area contributed by atoms with Gasteiger partial charge >= 0.3 is 0 Å². The second-order valence-corrected chi connectivity index (χ2v) is 4.58. The average Bonchev–Trinajstić information content (AvgIpc) is 2.86. The van der Waals surface area contributed by atoms with E-state index in [1.54, 1.807) is 0 Å². The van der Waals surface area contributed by atoms with Crippen LogP contribution in [0.25, 0.3) is 11.1 Å². The second-order valence-electron chi connectivity index (χ2n) is 4.58. The summed E-state index contributed by atoms with van der Waals surface area (Å²) in [6.45, 7) is 0.520. The molecular formula is C16H15FO. The number of hydrogen-bond donors (Lipinski definition) is 0. The summed E-state index contributed by atoms with van der Waals surface area (Å²) < 4.78 is 19.0. The normalized spacial score (nSPS) is 23.2. The molecule has 18 heavy (non-hydrogen) atoms. The fraction of sp³-hybridized carbons (Fsp3) is 0.250. The third-order valence-electron chi connectivity index (χ3n) is 3.37. The predicted molar refractivity (Wildman–Crippen MR) is 70.1 cm³/mol. The number of hydrogen-bond acceptors (Lipinski definition) is 1. The zero-order valence-electron chi connectivity index (χ0n) is 10.1. The molecule has 1 heterocycles. The monoisotopic (exact) mass is 242 g/mol. The first-order valence-corrected chi connectivity index (χ1v) is 6.25. The van der Waals surface area contributed by atoms with Crippen LogP contribution in [0.3, 0.4) is 0 Å². The third kappa shape index (κ3) is 2.16. The molecule has 3 rings (SSSR count). The Kier molecular flexibility index (Phi) is 3.11. The van der Waals surface area contributed by atoms with E-state index in [-0.39, 0.29) is 6.10 Å². The highest BCUT2D eigenvalue weighted by Gasteiger charge is 2.29. The first-order valence-electron chi connectivity index (χ1n) is 6.25. The highest BCUT2D eigenvalue weighted by molar-refractivity contribution is 5.63. The molecule has 1 saturated heterocycles. The molecule has 1 nitrogen and oxygen atoms in total. The number of alkyl halides is 1. The molecule has 0 bridgehead atoms. The smallest absolute Gasteiger partial charge is 0.133 e. The minimum absolute atomic E-state index is 0.380. The molecule has 0 N–H and O–H groups in total. The highest BCUT2D eigenvalue weighted by atomic mass is 19.1. The molecule has 0 radical (unpaired) electrons. The number of ether oxygens (including phenoxy) is 1. The van der Waals surface area contributed by atoms with Crippen molar-refractivity contribution < 1.29 is 9.13 Å². The maximum absolute atomic E-state index is 13.6. The summed E-state index contributed by atoms with van der Waals surface area (Å²) in [7, 11) is 0. The van der Waals surface area contributed by atoms with Gasteiger partial charge < -0.3 is 4.74 Å². The fourth-order valence-corrected chi connectivity index (χ4v) is 2.36. The minimum Gasteiger partial charge on any atom is -0.370 e. The van der Waals surface area contributed by atoms with Crippen molar-refractivity contribution in [2.75, 3.05) is 6.61 Å². The van der Waals surface area contributed by atoms with Crippen LogP contribution in [-0.2, 0) is 4.74 Å². The number of halogens is 1. The Balaban J connectivity index is 1.85. The average molecular weight is 242 g/mol. The Labute approximate surface area is 106 Å². The van der Waals surface area contributed by atoms with E-state index >= 15 is 0 Å². The van der Waals surface area contributed by atoms with Gasteiger partial charge in [-0.2, -0.15) is 0 Å². The largest absolute Gasteiger partial charge is 0.370 e. The maximum atomic E-state index is 13.6. The van der Waals surface area contributed by atoms with Gasteiger partial charge in [0.05, 0.1) is 6.61 Å². The summed E-state index contributed by atoms with van der Waals surface area (Å²) in [5.41, 5.74) is 3.25. The van der Waals surface area contributed by atoms with Crippen LogP contribution in [0.15, 0.2) is 54.6 Å². The fourth-order valence-electron chi connectivity index (χ4n) is 2.36. The number of rotatable bonds is 2. The van der Waals surface area contributed by atoms with E-state index in [0.29, 0.717) is 13.0 Å². The van der Waals surface area contributed by atoms with Crippen molar-refractivity contribution in [1.29, 1.82) is 0 Å². The van der Waals surface area contributed by atoms with Gasteiger partial charge in [-0.05, 0) is 16.7 Å². The lowest BCUT2D eigenvalue weighted by atomic mass is 10.0. The topological polar surface area (TPSA) is 9.23 Å². The Morgan fingerprint density at radius 3 is 2.17 bits per heavy atom. The van der Waals surface area contributed by atoms with Gasteiger partial charge in [-0.25, -0.2) is 4.39 Å². The first-order chi connectivity index (χ1) is 8.84. The Bertz CT molecular complexity index is 506. The van der Waals surface area contributed by atoms with Gasteiger partial charge in [0.15, 0.2) is 0 Å². The van der Waals surface area contributed by atoms with Crippen LogP contribution in [0, 0.1) is 0 Å². The highest BCUT2D eigenvalue weighted by Crippen LogP contribution is 2.32. The van der Waals surface area contributed by atoms with Gasteiger partial charge in [-0.1, -0.05) is 54.6 Å². The summed E-state index contributed by atoms with van der Waals surface area (Å²) in [5.74, 6) is 0. The van der Waals surface area contributed by atoms with E-state index in [2.05, 4.69) is 12.1 Å². The lowest BCUT2D eigenvalue weighted by Gasteiger charge is -2.13. The van der Waals surface area contributed by atoms with E-state index in [4.69, 9.17) is 4.74 Å². The minimum atomic E-state index is -0.868. The van der Waals surface area contributed by atoms with Crippen LogP contribution < -0.4 is 0 Å². The Morgan fingerprint density at radius 1 is 0.889 bits per heavy atom. The summed E-state index contributed by atoms with van der Waals surface area (Å²) in [5, 5.41) is 0. The zero-order chi connectivity index (χ0) is 12.4. The van der Waals surface area contributed by atoms with Crippen molar-refractivity contribution in [1.82, 2.24) is 0 Å². The summed E-state index contributed by atoms with van der Waals surface area (Å²) in [6.07, 6.45) is -0.743. The molecule has 1 aliphatic rings. The quantitative estimate of drug-likeness (QED) is 0.768. The SMILES string of the molecule is F[C@@H]1CCO[C@H]1c1ccc(-c2ccccc2)cc1. The lowest BCUT2D eigenvalue weighted by molar-refractivity contribution is 0.0778. The van der Waals surface area contributed by atoms with Gasteiger partial charge in [0.2, 0.25) is 0 Å². The molecular weight excluding hydrogens is 227 g/mol. The van der Waals surface area contributed by atoms with Gasteiger partial charge in [0.25, 0.3) is 0 Å². The van der Waals surface area contributed by atoms with E-state index in [1.807, 2.05) is 42.5 Å². The van der Waals surface area contributed by atoms with Crippen LogP contribution in [0.1, 0.15) is 18.1 Å². The van der Waals surface area contributed by atoms with E-state index < -0.39 is 6.17 Å². The zero-order valence-corrected chi connectivity index (χ0v) is 10.1. The second kappa shape index (κ2) is 4.91. The molecule has 2 heteroatoms. The van der Waals surface area contributed by atoms with Crippen molar-refractivity contribution in [2.45, 2.75) is 18.7 Å². The molecule has 0 spiro atoms. The van der Waals surface area contributed by atoms with Crippen LogP contribution in [-0.4, -0.2) is 12.8 Å². The Hall–Kier alpha value is -1.67. The van der Waals surface area contributed by atoms with Crippen LogP contribution in [0.2, 0.25) is 0 Å². The standard InChI is InChI=1S/C16H15FO/c17-15-10-11-18-16(15)14-8-6-13(7-9-14)12-4-2-1-3-5-12/h1-9,15-16H,10-11H2/t15-,16+/m1/s1. The molecule has 2 atom stereocenters. The lowest BCUT2D eigenvalue weighted by Crippen LogP contribution is -2.07. The van der Waals surface area contributed by atoms with Gasteiger partial charge in [-0.15, -0.1) is 0 Å². The van der Waals surface area contributed by atoms with Gasteiger partial charge in [-0.3, -0.25) is 0 Å². The van der Waals surface area contributed by atoms with Crippen molar-refractivity contribution >= 4 is 0 Å². The summed E-state index contributed by atoms with van der Waals surface area (Å²) in [4.78, 5) is 0. The molecule has 0 aliphatic carbocycles. The summed E-state index contributed by atoms with van der Waals surface area (Å²) in [6, 6.07) is 18.1. The molecule has 0 unspecified atom stereocenters. The van der Waals surface area contributed by atoms with Gasteiger partial charge in [0.1, 0.15) is 12.3 Å². The molecule has 2 aromatic carbocycles. The molecule has 1 aliphatic heterocycles. The Morgan fingerprint density at radius 2 is 1.56 bits per heavy atom. The van der Waals surface area contributed by atoms with Crippen molar-refractivity contribution in [2.24, 2.45) is 0 Å². The van der Waals surface area contributed by atoms with Crippen LogP contribution >= 0.6 is 0 Å². The van der Waals surface area contributed by atoms with Crippen molar-refractivity contribution in [3.8, 4) is 11.1 Å². The van der Waals surface area contributed by atoms with E-state index in [0.717, 1.165) is 11.1 Å². The molecule has 0 saturated carbocycles. The maximum Gasteiger partial charge on any atom is 0.133 e. The van der Waals surface area contributed by atoms with Crippen molar-refractivity contribution in [3.63, 3.8) is 0 Å². The molecule has 1 fully saturated rings. The molecule has 2 aromatic rings. The van der Waals surface area contributed by atoms with Crippen LogP contribution in [0.4, 0.5) is 4.39 Å². The number of benzene rings is 2. The molecule has 0 aromatic heterocycles.